The van der Waals surface area contributed by atoms with Crippen molar-refractivity contribution in [1.29, 1.82) is 0 Å². The molecule has 2 aromatic rings. The van der Waals surface area contributed by atoms with Crippen molar-refractivity contribution in [3.8, 4) is 0 Å². The molecule has 0 atom stereocenters. The molecule has 82 valence electrons. The lowest BCUT2D eigenvalue weighted by atomic mass is 10.3. The van der Waals surface area contributed by atoms with Crippen LogP contribution in [0.5, 0.6) is 0 Å². The molecule has 5 nitrogen and oxygen atoms in total. The van der Waals surface area contributed by atoms with Gasteiger partial charge in [0.1, 0.15) is 0 Å². The van der Waals surface area contributed by atoms with Crippen LogP contribution in [0.2, 0.25) is 0 Å². The Balaban J connectivity index is 2.26. The highest BCUT2D eigenvalue weighted by Crippen LogP contribution is 2.00. The number of pyridine rings is 1. The number of rotatable bonds is 3. The fourth-order valence-electron chi connectivity index (χ4n) is 1.35. The second-order valence-corrected chi connectivity index (χ2v) is 3.35. The Morgan fingerprint density at radius 1 is 1.44 bits per heavy atom. The van der Waals surface area contributed by atoms with Gasteiger partial charge in [-0.3, -0.25) is 9.78 Å². The first-order valence-corrected chi connectivity index (χ1v) is 4.93. The molecule has 0 saturated heterocycles. The second-order valence-electron chi connectivity index (χ2n) is 3.35. The van der Waals surface area contributed by atoms with Crippen LogP contribution in [0.1, 0.15) is 5.56 Å². The summed E-state index contributed by atoms with van der Waals surface area (Å²) in [6.45, 7) is 0.441. The predicted molar refractivity (Wildman–Crippen MR) is 61.4 cm³/mol. The van der Waals surface area contributed by atoms with Crippen molar-refractivity contribution >= 4 is 5.69 Å². The van der Waals surface area contributed by atoms with Gasteiger partial charge in [-0.15, -0.1) is 0 Å². The Morgan fingerprint density at radius 2 is 2.31 bits per heavy atom. The van der Waals surface area contributed by atoms with E-state index in [9.17, 15) is 4.79 Å². The monoisotopic (exact) mass is 216 g/mol. The van der Waals surface area contributed by atoms with Gasteiger partial charge >= 0.3 is 0 Å². The molecule has 0 aliphatic carbocycles. The van der Waals surface area contributed by atoms with Gasteiger partial charge < -0.3 is 5.32 Å². The maximum absolute atomic E-state index is 11.6. The third kappa shape index (κ3) is 2.25. The number of nitrogens with one attached hydrogen (secondary N) is 1. The third-order valence-corrected chi connectivity index (χ3v) is 2.21. The maximum Gasteiger partial charge on any atom is 0.269 e. The van der Waals surface area contributed by atoms with Crippen LogP contribution in [0.4, 0.5) is 5.69 Å². The number of hydrogen-bond acceptors (Lipinski definition) is 4. The van der Waals surface area contributed by atoms with Crippen LogP contribution >= 0.6 is 0 Å². The van der Waals surface area contributed by atoms with E-state index in [0.29, 0.717) is 12.2 Å². The SMILES string of the molecule is CNc1cnn(Cc2cccnc2)c(=O)c1. The van der Waals surface area contributed by atoms with Gasteiger partial charge in [0, 0.05) is 25.5 Å². The zero-order chi connectivity index (χ0) is 11.4. The Labute approximate surface area is 92.8 Å². The molecule has 0 amide bonds. The Bertz CT molecular complexity index is 521. The Morgan fingerprint density at radius 3 is 2.94 bits per heavy atom. The van der Waals surface area contributed by atoms with Gasteiger partial charge in [0.05, 0.1) is 18.4 Å². The van der Waals surface area contributed by atoms with Gasteiger partial charge in [0.2, 0.25) is 0 Å². The van der Waals surface area contributed by atoms with Crippen molar-refractivity contribution in [3.63, 3.8) is 0 Å². The lowest BCUT2D eigenvalue weighted by Gasteiger charge is -2.05. The van der Waals surface area contributed by atoms with Gasteiger partial charge in [-0.05, 0) is 11.6 Å². The van der Waals surface area contributed by atoms with Gasteiger partial charge in [0.15, 0.2) is 0 Å². The van der Waals surface area contributed by atoms with Crippen LogP contribution in [0.15, 0.2) is 41.6 Å². The van der Waals surface area contributed by atoms with Crippen LogP contribution < -0.4 is 10.9 Å². The van der Waals surface area contributed by atoms with Crippen molar-refractivity contribution in [3.05, 3.63) is 52.7 Å². The lowest BCUT2D eigenvalue weighted by molar-refractivity contribution is 0.638. The summed E-state index contributed by atoms with van der Waals surface area (Å²) in [6, 6.07) is 5.26. The van der Waals surface area contributed by atoms with E-state index in [1.807, 2.05) is 12.1 Å². The maximum atomic E-state index is 11.6. The summed E-state index contributed by atoms with van der Waals surface area (Å²) >= 11 is 0. The minimum Gasteiger partial charge on any atom is -0.387 e. The summed E-state index contributed by atoms with van der Waals surface area (Å²) in [7, 11) is 1.75. The first kappa shape index (κ1) is 10.4. The highest BCUT2D eigenvalue weighted by Gasteiger charge is 2.00. The standard InChI is InChI=1S/C11H12N4O/c1-12-10-5-11(16)15(14-7-10)8-9-3-2-4-13-6-9/h2-7,12H,8H2,1H3. The van der Waals surface area contributed by atoms with Crippen LogP contribution in [-0.2, 0) is 6.54 Å². The van der Waals surface area contributed by atoms with E-state index < -0.39 is 0 Å². The minimum atomic E-state index is -0.129. The van der Waals surface area contributed by atoms with Gasteiger partial charge in [0.25, 0.3) is 5.56 Å². The summed E-state index contributed by atoms with van der Waals surface area (Å²) < 4.78 is 1.40. The van der Waals surface area contributed by atoms with E-state index in [-0.39, 0.29) is 5.56 Å². The Hall–Kier alpha value is -2.17. The molecule has 2 heterocycles. The summed E-state index contributed by atoms with van der Waals surface area (Å²) in [6.07, 6.45) is 5.04. The largest absolute Gasteiger partial charge is 0.387 e. The van der Waals surface area contributed by atoms with Crippen LogP contribution in [0.3, 0.4) is 0 Å². The summed E-state index contributed by atoms with van der Waals surface area (Å²) in [5.41, 5.74) is 1.54. The molecule has 16 heavy (non-hydrogen) atoms. The van der Waals surface area contributed by atoms with Crippen LogP contribution in [-0.4, -0.2) is 21.8 Å². The lowest BCUT2D eigenvalue weighted by Crippen LogP contribution is -2.22. The predicted octanol–water partition coefficient (Wildman–Crippen LogP) is 0.728. The molecular formula is C11H12N4O. The van der Waals surface area contributed by atoms with E-state index >= 15 is 0 Å². The molecule has 0 spiro atoms. The zero-order valence-corrected chi connectivity index (χ0v) is 8.92. The average Bonchev–Trinajstić information content (AvgIpc) is 2.33. The fourth-order valence-corrected chi connectivity index (χ4v) is 1.35. The van der Waals surface area contributed by atoms with E-state index in [4.69, 9.17) is 0 Å². The minimum absolute atomic E-state index is 0.129. The molecule has 1 N–H and O–H groups in total. The molecule has 0 fully saturated rings. The summed E-state index contributed by atoms with van der Waals surface area (Å²) in [4.78, 5) is 15.6. The van der Waals surface area contributed by atoms with Crippen molar-refractivity contribution in [2.75, 3.05) is 12.4 Å². The molecule has 2 aromatic heterocycles. The molecule has 0 aliphatic rings. The number of anilines is 1. The van der Waals surface area contributed by atoms with Crippen molar-refractivity contribution < 1.29 is 0 Å². The Kier molecular flexibility index (Phi) is 2.95. The quantitative estimate of drug-likeness (QED) is 0.821. The molecular weight excluding hydrogens is 204 g/mol. The summed E-state index contributed by atoms with van der Waals surface area (Å²) in [5.74, 6) is 0. The molecule has 0 radical (unpaired) electrons. The third-order valence-electron chi connectivity index (χ3n) is 2.21. The van der Waals surface area contributed by atoms with E-state index in [2.05, 4.69) is 15.4 Å². The summed E-state index contributed by atoms with van der Waals surface area (Å²) in [5, 5.41) is 6.93. The van der Waals surface area contributed by atoms with Crippen LogP contribution in [0.25, 0.3) is 0 Å². The molecule has 5 heteroatoms. The first-order valence-electron chi connectivity index (χ1n) is 4.93. The highest BCUT2D eigenvalue weighted by molar-refractivity contribution is 5.37. The molecule has 2 rings (SSSR count). The van der Waals surface area contributed by atoms with Crippen LogP contribution in [0, 0.1) is 0 Å². The highest BCUT2D eigenvalue weighted by atomic mass is 16.1. The normalized spacial score (nSPS) is 10.1. The van der Waals surface area contributed by atoms with Gasteiger partial charge in [-0.2, -0.15) is 5.10 Å². The smallest absolute Gasteiger partial charge is 0.269 e. The molecule has 0 aromatic carbocycles. The number of hydrogen-bond donors (Lipinski definition) is 1. The fraction of sp³-hybridized carbons (Fsp3) is 0.182. The van der Waals surface area contributed by atoms with Gasteiger partial charge in [-0.25, -0.2) is 4.68 Å². The average molecular weight is 216 g/mol. The number of nitrogens with zero attached hydrogens (tertiary/aromatic N) is 3. The first-order chi connectivity index (χ1) is 7.79. The second kappa shape index (κ2) is 4.57. The molecule has 0 saturated carbocycles. The molecule has 0 bridgehead atoms. The van der Waals surface area contributed by atoms with E-state index in [1.165, 1.54) is 10.7 Å². The van der Waals surface area contributed by atoms with Crippen molar-refractivity contribution in [2.45, 2.75) is 6.54 Å². The van der Waals surface area contributed by atoms with Crippen molar-refractivity contribution in [1.82, 2.24) is 14.8 Å². The van der Waals surface area contributed by atoms with Gasteiger partial charge in [-0.1, -0.05) is 6.07 Å². The molecule has 0 unspecified atom stereocenters. The van der Waals surface area contributed by atoms with E-state index in [1.54, 1.807) is 25.6 Å². The zero-order valence-electron chi connectivity index (χ0n) is 8.92. The van der Waals surface area contributed by atoms with E-state index in [0.717, 1.165) is 5.56 Å². The number of aromatic nitrogens is 3. The topological polar surface area (TPSA) is 59.8 Å². The molecule has 0 aliphatic heterocycles. The van der Waals surface area contributed by atoms with Crippen molar-refractivity contribution in [2.24, 2.45) is 0 Å².